The van der Waals surface area contributed by atoms with E-state index in [-0.39, 0.29) is 11.3 Å². The molecule has 1 aromatic rings. The van der Waals surface area contributed by atoms with Crippen LogP contribution in [0.25, 0.3) is 0 Å². The van der Waals surface area contributed by atoms with Crippen molar-refractivity contribution in [1.82, 2.24) is 9.88 Å². The third-order valence-corrected chi connectivity index (χ3v) is 4.44. The largest absolute Gasteiger partial charge is 0.333 e. The van der Waals surface area contributed by atoms with E-state index < -0.39 is 0 Å². The van der Waals surface area contributed by atoms with Crippen LogP contribution in [0.1, 0.15) is 36.3 Å². The van der Waals surface area contributed by atoms with Gasteiger partial charge in [0.05, 0.1) is 17.2 Å². The zero-order valence-electron chi connectivity index (χ0n) is 10.6. The van der Waals surface area contributed by atoms with E-state index in [2.05, 4.69) is 32.3 Å². The zero-order chi connectivity index (χ0) is 12.6. The molecule has 0 radical (unpaired) electrons. The summed E-state index contributed by atoms with van der Waals surface area (Å²) >= 11 is 1.79. The Hall–Kier alpha value is -1.16. The maximum absolute atomic E-state index is 11.6. The van der Waals surface area contributed by atoms with E-state index in [1.807, 2.05) is 4.90 Å². The topological polar surface area (TPSA) is 33.2 Å². The smallest absolute Gasteiger partial charge is 0.246 e. The highest BCUT2D eigenvalue weighted by molar-refractivity contribution is 7.11. The minimum absolute atomic E-state index is 0.000888. The van der Waals surface area contributed by atoms with Crippen LogP contribution >= 0.6 is 11.3 Å². The molecule has 1 aliphatic heterocycles. The maximum atomic E-state index is 11.6. The second-order valence-electron chi connectivity index (χ2n) is 5.35. The second kappa shape index (κ2) is 4.26. The highest BCUT2D eigenvalue weighted by Gasteiger charge is 2.26. The summed E-state index contributed by atoms with van der Waals surface area (Å²) in [5, 5.41) is 1.16. The molecule has 2 rings (SSSR count). The number of thiazole rings is 1. The minimum atomic E-state index is 0.000888. The monoisotopic (exact) mass is 250 g/mol. The summed E-state index contributed by atoms with van der Waals surface area (Å²) in [4.78, 5) is 19.4. The summed E-state index contributed by atoms with van der Waals surface area (Å²) in [5.74, 6) is 0.000888. The molecule has 4 heteroatoms. The molecule has 0 unspecified atom stereocenters. The van der Waals surface area contributed by atoms with Crippen molar-refractivity contribution >= 4 is 17.2 Å². The molecule has 0 bridgehead atoms. The SMILES string of the molecule is C=CC(=O)N1CCc2sc(C(C)(C)C)nc2C1. The Bertz CT molecular complexity index is 456. The number of carbonyl (C=O) groups is 1. The Kier molecular flexibility index (Phi) is 3.08. The Morgan fingerprint density at radius 1 is 1.53 bits per heavy atom. The van der Waals surface area contributed by atoms with Gasteiger partial charge in [-0.1, -0.05) is 27.4 Å². The summed E-state index contributed by atoms with van der Waals surface area (Å²) in [6.45, 7) is 11.5. The van der Waals surface area contributed by atoms with Gasteiger partial charge in [0.1, 0.15) is 0 Å². The van der Waals surface area contributed by atoms with Gasteiger partial charge in [0.2, 0.25) is 5.91 Å². The van der Waals surface area contributed by atoms with Gasteiger partial charge in [-0.25, -0.2) is 4.98 Å². The van der Waals surface area contributed by atoms with Crippen LogP contribution in [0.3, 0.4) is 0 Å². The fourth-order valence-electron chi connectivity index (χ4n) is 1.84. The van der Waals surface area contributed by atoms with Crippen LogP contribution in [-0.2, 0) is 23.2 Å². The molecule has 0 N–H and O–H groups in total. The molecule has 0 atom stereocenters. The number of hydrogen-bond donors (Lipinski definition) is 0. The van der Waals surface area contributed by atoms with Crippen molar-refractivity contribution in [1.29, 1.82) is 0 Å². The molecule has 1 amide bonds. The lowest BCUT2D eigenvalue weighted by Gasteiger charge is -2.24. The summed E-state index contributed by atoms with van der Waals surface area (Å²) in [7, 11) is 0. The van der Waals surface area contributed by atoms with Crippen LogP contribution in [0.5, 0.6) is 0 Å². The van der Waals surface area contributed by atoms with Crippen LogP contribution in [0.15, 0.2) is 12.7 Å². The Balaban J connectivity index is 2.24. The quantitative estimate of drug-likeness (QED) is 0.718. The molecule has 92 valence electrons. The van der Waals surface area contributed by atoms with Crippen LogP contribution in [-0.4, -0.2) is 22.3 Å². The van der Waals surface area contributed by atoms with Crippen LogP contribution in [0.2, 0.25) is 0 Å². The molecule has 0 aliphatic carbocycles. The number of aromatic nitrogens is 1. The first-order chi connectivity index (χ1) is 7.91. The van der Waals surface area contributed by atoms with Crippen LogP contribution in [0, 0.1) is 0 Å². The van der Waals surface area contributed by atoms with E-state index >= 15 is 0 Å². The molecule has 17 heavy (non-hydrogen) atoms. The van der Waals surface area contributed by atoms with Gasteiger partial charge in [0.15, 0.2) is 0 Å². The molecule has 2 heterocycles. The lowest BCUT2D eigenvalue weighted by atomic mass is 9.98. The van der Waals surface area contributed by atoms with Gasteiger partial charge in [-0.15, -0.1) is 11.3 Å². The van der Waals surface area contributed by atoms with Crippen LogP contribution < -0.4 is 0 Å². The number of rotatable bonds is 1. The van der Waals surface area contributed by atoms with E-state index in [0.717, 1.165) is 23.7 Å². The number of amides is 1. The molecule has 0 saturated carbocycles. The highest BCUT2D eigenvalue weighted by atomic mass is 32.1. The molecule has 3 nitrogen and oxygen atoms in total. The fourth-order valence-corrected chi connectivity index (χ4v) is 2.95. The van der Waals surface area contributed by atoms with E-state index in [1.54, 1.807) is 11.3 Å². The Morgan fingerprint density at radius 3 is 2.82 bits per heavy atom. The van der Waals surface area contributed by atoms with Crippen molar-refractivity contribution in [3.63, 3.8) is 0 Å². The lowest BCUT2D eigenvalue weighted by molar-refractivity contribution is -0.126. The first-order valence-electron chi connectivity index (χ1n) is 5.82. The molecule has 1 aromatic heterocycles. The first kappa shape index (κ1) is 12.3. The van der Waals surface area contributed by atoms with Crippen molar-refractivity contribution in [2.75, 3.05) is 6.54 Å². The van der Waals surface area contributed by atoms with E-state index in [1.165, 1.54) is 11.0 Å². The number of carbonyl (C=O) groups excluding carboxylic acids is 1. The van der Waals surface area contributed by atoms with Crippen molar-refractivity contribution in [2.24, 2.45) is 0 Å². The maximum Gasteiger partial charge on any atom is 0.246 e. The zero-order valence-corrected chi connectivity index (χ0v) is 11.4. The third kappa shape index (κ3) is 2.41. The minimum Gasteiger partial charge on any atom is -0.333 e. The molecular weight excluding hydrogens is 232 g/mol. The molecule has 0 aromatic carbocycles. The van der Waals surface area contributed by atoms with Crippen LogP contribution in [0.4, 0.5) is 0 Å². The molecule has 0 fully saturated rings. The van der Waals surface area contributed by atoms with Crippen molar-refractivity contribution in [2.45, 2.75) is 39.2 Å². The van der Waals surface area contributed by atoms with E-state index in [4.69, 9.17) is 0 Å². The summed E-state index contributed by atoms with van der Waals surface area (Å²) in [6, 6.07) is 0. The average Bonchev–Trinajstić information content (AvgIpc) is 2.70. The Morgan fingerprint density at radius 2 is 2.24 bits per heavy atom. The van der Waals surface area contributed by atoms with Gasteiger partial charge < -0.3 is 4.90 Å². The first-order valence-corrected chi connectivity index (χ1v) is 6.64. The lowest BCUT2D eigenvalue weighted by Crippen LogP contribution is -2.34. The standard InChI is InChI=1S/C13H18N2OS/c1-5-11(16)15-7-6-10-9(8-15)14-12(17-10)13(2,3)4/h5H,1,6-8H2,2-4H3. The normalized spacial score (nSPS) is 15.6. The average molecular weight is 250 g/mol. The van der Waals surface area contributed by atoms with Gasteiger partial charge in [0.25, 0.3) is 0 Å². The molecule has 0 spiro atoms. The van der Waals surface area contributed by atoms with Gasteiger partial charge in [-0.2, -0.15) is 0 Å². The Labute approximate surface area is 106 Å². The van der Waals surface area contributed by atoms with Gasteiger partial charge in [-0.3, -0.25) is 4.79 Å². The second-order valence-corrected chi connectivity index (χ2v) is 6.44. The molecular formula is C13H18N2OS. The summed E-state index contributed by atoms with van der Waals surface area (Å²) < 4.78 is 0. The fraction of sp³-hybridized carbons (Fsp3) is 0.538. The number of nitrogens with zero attached hydrogens (tertiary/aromatic N) is 2. The van der Waals surface area contributed by atoms with Gasteiger partial charge in [0, 0.05) is 23.3 Å². The van der Waals surface area contributed by atoms with Gasteiger partial charge >= 0.3 is 0 Å². The number of fused-ring (bicyclic) bond motifs is 1. The molecule has 1 aliphatic rings. The van der Waals surface area contributed by atoms with Crippen molar-refractivity contribution in [3.05, 3.63) is 28.2 Å². The highest BCUT2D eigenvalue weighted by Crippen LogP contribution is 2.32. The number of hydrogen-bond acceptors (Lipinski definition) is 3. The molecule has 0 saturated heterocycles. The third-order valence-electron chi connectivity index (χ3n) is 2.86. The van der Waals surface area contributed by atoms with Crippen molar-refractivity contribution in [3.8, 4) is 0 Å². The summed E-state index contributed by atoms with van der Waals surface area (Å²) in [6.07, 6.45) is 2.30. The predicted octanol–water partition coefficient (Wildman–Crippen LogP) is 2.51. The van der Waals surface area contributed by atoms with E-state index in [0.29, 0.717) is 6.54 Å². The summed E-state index contributed by atoms with van der Waals surface area (Å²) in [5.41, 5.74) is 1.16. The van der Waals surface area contributed by atoms with Crippen molar-refractivity contribution < 1.29 is 4.79 Å². The van der Waals surface area contributed by atoms with E-state index in [9.17, 15) is 4.79 Å². The van der Waals surface area contributed by atoms with Gasteiger partial charge in [-0.05, 0) is 6.08 Å². The predicted molar refractivity (Wildman–Crippen MR) is 70.1 cm³/mol.